The number of amidine groups is 4. The van der Waals surface area contributed by atoms with Crippen LogP contribution in [-0.4, -0.2) is 42.2 Å². The number of hydrogen-bond donors (Lipinski definition) is 0. The fourth-order valence-corrected chi connectivity index (χ4v) is 13.7. The summed E-state index contributed by atoms with van der Waals surface area (Å²) in [5.41, 5.74) is 4.77. The van der Waals surface area contributed by atoms with Gasteiger partial charge in [-0.15, -0.1) is 0 Å². The van der Waals surface area contributed by atoms with Crippen molar-refractivity contribution in [1.29, 1.82) is 0 Å². The van der Waals surface area contributed by atoms with Crippen LogP contribution >= 0.6 is 20.0 Å². The molecule has 4 aliphatic heterocycles. The predicted octanol–water partition coefficient (Wildman–Crippen LogP) is 5.85. The molecule has 4 aliphatic rings. The Labute approximate surface area is 254 Å². The third kappa shape index (κ3) is 3.07. The van der Waals surface area contributed by atoms with Crippen molar-refractivity contribution in [2.45, 2.75) is 0 Å². The molecule has 0 N–H and O–H groups in total. The molecule has 0 radical (unpaired) electrons. The maximum atomic E-state index is 7.82. The van der Waals surface area contributed by atoms with Crippen LogP contribution in [0.3, 0.4) is 0 Å². The summed E-state index contributed by atoms with van der Waals surface area (Å²) in [5, 5.41) is 3.48. The molecule has 6 aromatic rings. The maximum absolute atomic E-state index is 7.82. The molecule has 10 rings (SSSR count). The van der Waals surface area contributed by atoms with Crippen molar-refractivity contribution >= 4 is 88.4 Å². The van der Waals surface area contributed by atoms with Gasteiger partial charge in [0, 0.05) is 0 Å². The van der Waals surface area contributed by atoms with Crippen molar-refractivity contribution in [2.75, 3.05) is 0 Å². The second kappa shape index (κ2) is 8.25. The van der Waals surface area contributed by atoms with E-state index in [1.54, 1.807) is 0 Å². The number of hydrogen-bond acceptors (Lipinski definition) is 6. The van der Waals surface area contributed by atoms with Crippen LogP contribution in [0.4, 0.5) is 11.6 Å². The normalized spacial score (nSPS) is 16.8. The Kier molecular flexibility index (Phi) is 4.58. The summed E-state index contributed by atoms with van der Waals surface area (Å²) >= 11 is -4.57. The molecule has 8 nitrogen and oxygen atoms in total. The van der Waals surface area contributed by atoms with E-state index in [1.165, 1.54) is 0 Å². The van der Waals surface area contributed by atoms with Crippen molar-refractivity contribution in [3.63, 3.8) is 0 Å². The molecule has 0 aliphatic carbocycles. The van der Waals surface area contributed by atoms with Crippen LogP contribution in [0.15, 0.2) is 127 Å². The van der Waals surface area contributed by atoms with Crippen molar-refractivity contribution in [3.8, 4) is 0 Å². The van der Waals surface area contributed by atoms with Crippen LogP contribution < -0.4 is 11.0 Å². The summed E-state index contributed by atoms with van der Waals surface area (Å²) in [6.45, 7) is 0. The van der Waals surface area contributed by atoms with E-state index < -0.39 is 11.9 Å². The molecular weight excluding hydrogens is 640 g/mol. The monoisotopic (exact) mass is 656 g/mol. The second-order valence-electron chi connectivity index (χ2n) is 10.6. The van der Waals surface area contributed by atoms with Crippen LogP contribution in [0.1, 0.15) is 22.3 Å². The Balaban J connectivity index is 1.53. The van der Waals surface area contributed by atoms with Crippen molar-refractivity contribution in [1.82, 2.24) is 7.05 Å². The molecule has 0 fully saturated rings. The average Bonchev–Trinajstić information content (AvgIpc) is 3.74. The summed E-state index contributed by atoms with van der Waals surface area (Å²) in [5.74, 6) is 3.41. The molecule has 2 aromatic heterocycles. The van der Waals surface area contributed by atoms with E-state index in [9.17, 15) is 0 Å². The van der Waals surface area contributed by atoms with Crippen LogP contribution in [0.5, 0.6) is 0 Å². The molecule has 0 amide bonds. The molecule has 0 saturated carbocycles. The summed E-state index contributed by atoms with van der Waals surface area (Å²) in [4.78, 5) is 30.7. The quantitative estimate of drug-likeness (QED) is 0.184. The molecule has 6 bridgehead atoms. The topological polar surface area (TPSA) is 84.0 Å². The van der Waals surface area contributed by atoms with E-state index in [1.807, 2.05) is 104 Å². The first-order chi connectivity index (χ1) is 21.1. The van der Waals surface area contributed by atoms with E-state index in [0.29, 0.717) is 46.0 Å². The molecular formula is C32H16Cl2GeN8. The number of nitrogens with zero attached hydrogens (tertiary/aromatic N) is 8. The van der Waals surface area contributed by atoms with Gasteiger partial charge in [0.2, 0.25) is 0 Å². The van der Waals surface area contributed by atoms with E-state index in [-0.39, 0.29) is 0 Å². The minimum atomic E-state index is -4.57. The van der Waals surface area contributed by atoms with Gasteiger partial charge in [0.1, 0.15) is 0 Å². The molecule has 202 valence electrons. The number of aliphatic imine (C=N–C) groups is 4. The Morgan fingerprint density at radius 3 is 1.16 bits per heavy atom. The fourth-order valence-electron chi connectivity index (χ4n) is 6.41. The van der Waals surface area contributed by atoms with Crippen molar-refractivity contribution < 1.29 is 0 Å². The number of fused-ring (bicyclic) bond motifs is 14. The van der Waals surface area contributed by atoms with Gasteiger partial charge in [-0.1, -0.05) is 0 Å². The molecule has 0 atom stereocenters. The standard InChI is InChI=1S/C32H16Cl2GeN8/c33-35(34)42-29-21-13-5-6-14-22(21)31(42)40-27-19-11-3-4-12-20(19)28(37-27)41-32-24-16-8-7-15-23(24)30(43(32)35)39-26-18-10-2-1-9-17(18)25(36-26)38-29/h1-16H. The molecule has 4 aromatic carbocycles. The first-order valence-corrected chi connectivity index (χ1v) is 21.1. The van der Waals surface area contributed by atoms with Gasteiger partial charge >= 0.3 is 256 Å². The van der Waals surface area contributed by atoms with Gasteiger partial charge in [0.25, 0.3) is 0 Å². The minimum absolute atomic E-state index is 0.553. The molecule has 43 heavy (non-hydrogen) atoms. The van der Waals surface area contributed by atoms with E-state index >= 15 is 0 Å². The van der Waals surface area contributed by atoms with Gasteiger partial charge in [0.15, 0.2) is 0 Å². The number of benzene rings is 4. The molecule has 6 heterocycles. The second-order valence-corrected chi connectivity index (χ2v) is 21.1. The predicted molar refractivity (Wildman–Crippen MR) is 173 cm³/mol. The molecule has 11 heteroatoms. The summed E-state index contributed by atoms with van der Waals surface area (Å²) < 4.78 is 3.88. The Morgan fingerprint density at radius 2 is 0.744 bits per heavy atom. The van der Waals surface area contributed by atoms with E-state index in [2.05, 4.69) is 0 Å². The Hall–Kier alpha value is -4.64. The first kappa shape index (κ1) is 23.9. The zero-order valence-corrected chi connectivity index (χ0v) is 25.7. The summed E-state index contributed by atoms with van der Waals surface area (Å²) in [6, 6.07) is 32.0. The third-order valence-electron chi connectivity index (χ3n) is 8.29. The zero-order chi connectivity index (χ0) is 28.4. The van der Waals surface area contributed by atoms with Gasteiger partial charge in [-0.3, -0.25) is 0 Å². The van der Waals surface area contributed by atoms with Crippen molar-refractivity contribution in [3.05, 3.63) is 130 Å². The first-order valence-electron chi connectivity index (χ1n) is 13.7. The number of halogens is 2. The van der Waals surface area contributed by atoms with Gasteiger partial charge in [0.05, 0.1) is 0 Å². The number of aromatic nitrogens is 2. The molecule has 0 spiro atoms. The van der Waals surface area contributed by atoms with Gasteiger partial charge < -0.3 is 0 Å². The van der Waals surface area contributed by atoms with Gasteiger partial charge in [-0.25, -0.2) is 0 Å². The Bertz CT molecular complexity index is 2390. The van der Waals surface area contributed by atoms with E-state index in [0.717, 1.165) is 43.8 Å². The van der Waals surface area contributed by atoms with Gasteiger partial charge in [-0.2, -0.15) is 0 Å². The fraction of sp³-hybridized carbons (Fsp3) is 0. The summed E-state index contributed by atoms with van der Waals surface area (Å²) in [6.07, 6.45) is 0. The summed E-state index contributed by atoms with van der Waals surface area (Å²) in [7, 11) is 15.6. The molecule has 0 saturated heterocycles. The average molecular weight is 656 g/mol. The Morgan fingerprint density at radius 1 is 0.395 bits per heavy atom. The third-order valence-corrected chi connectivity index (χ3v) is 15.8. The van der Waals surface area contributed by atoms with Crippen LogP contribution in [-0.2, 0) is 0 Å². The number of rotatable bonds is 0. The zero-order valence-electron chi connectivity index (χ0n) is 22.1. The van der Waals surface area contributed by atoms with Crippen LogP contribution in [0, 0.1) is 0 Å². The van der Waals surface area contributed by atoms with Crippen LogP contribution in [0.25, 0.3) is 21.5 Å². The SMILES string of the molecule is [Cl][Ge]1([Cl])[n]2c3c4ccccc4c2N=C2N=C(N=c4c5ccccc5c([n]41)=NC1=NC(=N3)c3ccccc31)c1ccccc12. The van der Waals surface area contributed by atoms with Gasteiger partial charge in [-0.05, 0) is 0 Å². The van der Waals surface area contributed by atoms with Crippen LogP contribution in [0.2, 0.25) is 0 Å². The van der Waals surface area contributed by atoms with Crippen molar-refractivity contribution in [2.24, 2.45) is 30.0 Å². The van der Waals surface area contributed by atoms with E-state index in [4.69, 9.17) is 50.0 Å². The molecule has 0 unspecified atom stereocenters.